The molecule has 4 heteroatoms. The lowest BCUT2D eigenvalue weighted by Crippen LogP contribution is -2.09. The summed E-state index contributed by atoms with van der Waals surface area (Å²) in [5, 5.41) is 8.46. The number of hydrogen-bond donors (Lipinski definition) is 2. The molecule has 0 bridgehead atoms. The highest BCUT2D eigenvalue weighted by molar-refractivity contribution is 9.10. The van der Waals surface area contributed by atoms with E-state index in [1.807, 2.05) is 18.2 Å². The second-order valence-corrected chi connectivity index (χ2v) is 3.60. The lowest BCUT2D eigenvalue weighted by atomic mass is 10.1. The normalized spacial score (nSPS) is 12.1. The third-order valence-corrected chi connectivity index (χ3v) is 2.45. The minimum atomic E-state index is -0.234. The van der Waals surface area contributed by atoms with Crippen molar-refractivity contribution in [2.75, 3.05) is 5.73 Å². The number of nitriles is 1. The summed E-state index contributed by atoms with van der Waals surface area (Å²) >= 11 is 3.30. The number of nitrogens with two attached hydrogens (primary N) is 2. The first-order valence-corrected chi connectivity index (χ1v) is 4.62. The van der Waals surface area contributed by atoms with Gasteiger partial charge in [-0.15, -0.1) is 0 Å². The molecule has 0 aromatic heterocycles. The van der Waals surface area contributed by atoms with Crippen molar-refractivity contribution in [3.05, 3.63) is 28.2 Å². The van der Waals surface area contributed by atoms with Crippen LogP contribution in [-0.2, 0) is 0 Å². The van der Waals surface area contributed by atoms with Crippen molar-refractivity contribution in [2.24, 2.45) is 5.73 Å². The van der Waals surface area contributed by atoms with Crippen molar-refractivity contribution in [3.63, 3.8) is 0 Å². The fraction of sp³-hybridized carbons (Fsp3) is 0.222. The molecular weight excluding hydrogens is 230 g/mol. The molecule has 0 saturated heterocycles. The number of benzene rings is 1. The van der Waals surface area contributed by atoms with Gasteiger partial charge in [0.25, 0.3) is 0 Å². The zero-order chi connectivity index (χ0) is 9.84. The molecule has 4 N–H and O–H groups in total. The molecule has 68 valence electrons. The zero-order valence-electron chi connectivity index (χ0n) is 7.00. The van der Waals surface area contributed by atoms with Crippen LogP contribution in [0.25, 0.3) is 0 Å². The summed E-state index contributed by atoms with van der Waals surface area (Å²) in [6.07, 6.45) is 0.316. The molecule has 3 nitrogen and oxygen atoms in total. The van der Waals surface area contributed by atoms with Gasteiger partial charge in [0.2, 0.25) is 0 Å². The van der Waals surface area contributed by atoms with Gasteiger partial charge >= 0.3 is 0 Å². The third-order valence-electron chi connectivity index (χ3n) is 1.76. The molecule has 1 aromatic rings. The lowest BCUT2D eigenvalue weighted by Gasteiger charge is -2.08. The van der Waals surface area contributed by atoms with E-state index in [4.69, 9.17) is 16.7 Å². The molecule has 0 aliphatic heterocycles. The van der Waals surface area contributed by atoms with E-state index < -0.39 is 0 Å². The van der Waals surface area contributed by atoms with E-state index in [0.29, 0.717) is 12.1 Å². The Balaban J connectivity index is 2.91. The number of nitrogen functional groups attached to an aromatic ring is 1. The fourth-order valence-electron chi connectivity index (χ4n) is 0.990. The van der Waals surface area contributed by atoms with Crippen molar-refractivity contribution in [2.45, 2.75) is 12.5 Å². The molecule has 0 saturated carbocycles. The van der Waals surface area contributed by atoms with Crippen LogP contribution in [0.5, 0.6) is 0 Å². The van der Waals surface area contributed by atoms with Gasteiger partial charge in [-0.05, 0) is 33.6 Å². The number of rotatable bonds is 2. The van der Waals surface area contributed by atoms with Crippen LogP contribution in [0.1, 0.15) is 18.0 Å². The van der Waals surface area contributed by atoms with Crippen molar-refractivity contribution in [1.29, 1.82) is 5.26 Å². The molecule has 0 fully saturated rings. The first-order chi connectivity index (χ1) is 6.15. The number of nitrogens with zero attached hydrogens (tertiary/aromatic N) is 1. The standard InChI is InChI=1S/C9H10BrN3/c10-7-5-6(1-2-9(7)13)8(12)3-4-11/h1-2,5,8H,3,12-13H2/t8-/m1/s1. The largest absolute Gasteiger partial charge is 0.398 e. The van der Waals surface area contributed by atoms with Gasteiger partial charge in [-0.25, -0.2) is 0 Å². The van der Waals surface area contributed by atoms with Gasteiger partial charge in [-0.3, -0.25) is 0 Å². The molecule has 0 aliphatic rings. The van der Waals surface area contributed by atoms with Crippen molar-refractivity contribution < 1.29 is 0 Å². The maximum absolute atomic E-state index is 8.46. The summed E-state index contributed by atoms with van der Waals surface area (Å²) in [7, 11) is 0. The molecule has 0 aliphatic carbocycles. The highest BCUT2D eigenvalue weighted by atomic mass is 79.9. The minimum Gasteiger partial charge on any atom is -0.398 e. The van der Waals surface area contributed by atoms with Gasteiger partial charge in [-0.2, -0.15) is 5.26 Å². The van der Waals surface area contributed by atoms with Crippen LogP contribution < -0.4 is 11.5 Å². The number of hydrogen-bond acceptors (Lipinski definition) is 3. The number of anilines is 1. The van der Waals surface area contributed by atoms with E-state index in [1.165, 1.54) is 0 Å². The summed E-state index contributed by atoms with van der Waals surface area (Å²) < 4.78 is 0.818. The molecule has 1 rings (SSSR count). The van der Waals surface area contributed by atoms with Crippen LogP contribution in [0.2, 0.25) is 0 Å². The Morgan fingerprint density at radius 3 is 2.77 bits per heavy atom. The first kappa shape index (κ1) is 10.0. The molecule has 1 atom stereocenters. The minimum absolute atomic E-state index is 0.234. The average molecular weight is 240 g/mol. The maximum atomic E-state index is 8.46. The molecular formula is C9H10BrN3. The van der Waals surface area contributed by atoms with Gasteiger partial charge in [0.1, 0.15) is 0 Å². The van der Waals surface area contributed by atoms with Gasteiger partial charge in [-0.1, -0.05) is 6.07 Å². The Kier molecular flexibility index (Phi) is 3.29. The van der Waals surface area contributed by atoms with Crippen molar-refractivity contribution in [1.82, 2.24) is 0 Å². The van der Waals surface area contributed by atoms with Crippen molar-refractivity contribution >= 4 is 21.6 Å². The molecule has 1 aromatic carbocycles. The Morgan fingerprint density at radius 1 is 1.54 bits per heavy atom. The molecule has 0 heterocycles. The second kappa shape index (κ2) is 4.26. The van der Waals surface area contributed by atoms with E-state index in [2.05, 4.69) is 15.9 Å². The molecule has 13 heavy (non-hydrogen) atoms. The van der Waals surface area contributed by atoms with Crippen LogP contribution in [0.3, 0.4) is 0 Å². The monoisotopic (exact) mass is 239 g/mol. The molecule has 0 spiro atoms. The summed E-state index contributed by atoms with van der Waals surface area (Å²) in [6.45, 7) is 0. The smallest absolute Gasteiger partial charge is 0.0641 e. The van der Waals surface area contributed by atoms with E-state index in [-0.39, 0.29) is 6.04 Å². The predicted octanol–water partition coefficient (Wildman–Crippen LogP) is 1.94. The van der Waals surface area contributed by atoms with Gasteiger partial charge in [0.15, 0.2) is 0 Å². The Bertz CT molecular complexity index is 343. The van der Waals surface area contributed by atoms with Crippen LogP contribution in [0.4, 0.5) is 5.69 Å². The SMILES string of the molecule is N#CC[C@@H](N)c1ccc(N)c(Br)c1. The Morgan fingerprint density at radius 2 is 2.23 bits per heavy atom. The van der Waals surface area contributed by atoms with Crippen LogP contribution >= 0.6 is 15.9 Å². The second-order valence-electron chi connectivity index (χ2n) is 2.75. The summed E-state index contributed by atoms with van der Waals surface area (Å²) in [5.41, 5.74) is 12.9. The predicted molar refractivity (Wildman–Crippen MR) is 55.7 cm³/mol. The Hall–Kier alpha value is -1.05. The van der Waals surface area contributed by atoms with Gasteiger partial charge < -0.3 is 11.5 Å². The lowest BCUT2D eigenvalue weighted by molar-refractivity contribution is 0.748. The van der Waals surface area contributed by atoms with E-state index in [0.717, 1.165) is 10.0 Å². The zero-order valence-corrected chi connectivity index (χ0v) is 8.58. The van der Waals surface area contributed by atoms with E-state index in [1.54, 1.807) is 6.07 Å². The molecule has 0 amide bonds. The fourth-order valence-corrected chi connectivity index (χ4v) is 1.39. The van der Waals surface area contributed by atoms with Gasteiger partial charge in [0.05, 0.1) is 12.5 Å². The molecule has 0 unspecified atom stereocenters. The average Bonchev–Trinajstić information content (AvgIpc) is 2.10. The van der Waals surface area contributed by atoms with E-state index >= 15 is 0 Å². The summed E-state index contributed by atoms with van der Waals surface area (Å²) in [4.78, 5) is 0. The maximum Gasteiger partial charge on any atom is 0.0641 e. The summed E-state index contributed by atoms with van der Waals surface area (Å²) in [6, 6.07) is 7.25. The van der Waals surface area contributed by atoms with Gasteiger partial charge in [0, 0.05) is 16.2 Å². The molecule has 0 radical (unpaired) electrons. The quantitative estimate of drug-likeness (QED) is 0.775. The van der Waals surface area contributed by atoms with Crippen LogP contribution in [0.15, 0.2) is 22.7 Å². The third kappa shape index (κ3) is 2.44. The number of halogens is 1. The topological polar surface area (TPSA) is 75.8 Å². The Labute approximate surface area is 85.5 Å². The summed E-state index contributed by atoms with van der Waals surface area (Å²) in [5.74, 6) is 0. The van der Waals surface area contributed by atoms with E-state index in [9.17, 15) is 0 Å². The van der Waals surface area contributed by atoms with Crippen LogP contribution in [0, 0.1) is 11.3 Å². The highest BCUT2D eigenvalue weighted by Gasteiger charge is 2.06. The first-order valence-electron chi connectivity index (χ1n) is 3.82. The van der Waals surface area contributed by atoms with Crippen LogP contribution in [-0.4, -0.2) is 0 Å². The van der Waals surface area contributed by atoms with Crippen molar-refractivity contribution in [3.8, 4) is 6.07 Å². The highest BCUT2D eigenvalue weighted by Crippen LogP contribution is 2.24.